The van der Waals surface area contributed by atoms with Crippen LogP contribution in [0.5, 0.6) is 0 Å². The second-order valence-electron chi connectivity index (χ2n) is 4.74. The maximum Gasteiger partial charge on any atom is 0.137 e. The minimum absolute atomic E-state index is 0.166. The standard InChI is InChI=1S/C16H19ClFNO/c1-3-9-19-14(4-2)16-8-7-15(20-16)12-6-5-11(17)10-13(12)18/h5-8,10,14,19H,3-4,9H2,1-2H3. The molecular formula is C16H19ClFNO. The average Bonchev–Trinajstić information content (AvgIpc) is 2.89. The minimum atomic E-state index is -0.368. The van der Waals surface area contributed by atoms with Gasteiger partial charge >= 0.3 is 0 Å². The lowest BCUT2D eigenvalue weighted by Gasteiger charge is -2.13. The van der Waals surface area contributed by atoms with Gasteiger partial charge in [-0.3, -0.25) is 0 Å². The van der Waals surface area contributed by atoms with Crippen LogP contribution in [-0.4, -0.2) is 6.54 Å². The van der Waals surface area contributed by atoms with Crippen LogP contribution in [0.1, 0.15) is 38.5 Å². The monoisotopic (exact) mass is 295 g/mol. The molecule has 0 aliphatic heterocycles. The zero-order chi connectivity index (χ0) is 14.5. The van der Waals surface area contributed by atoms with Crippen LogP contribution >= 0.6 is 11.6 Å². The van der Waals surface area contributed by atoms with Crippen molar-refractivity contribution in [2.45, 2.75) is 32.7 Å². The van der Waals surface area contributed by atoms with Gasteiger partial charge in [0.2, 0.25) is 0 Å². The Bertz CT molecular complexity index is 567. The lowest BCUT2D eigenvalue weighted by molar-refractivity contribution is 0.410. The summed E-state index contributed by atoms with van der Waals surface area (Å²) >= 11 is 5.76. The Morgan fingerprint density at radius 3 is 2.70 bits per heavy atom. The Morgan fingerprint density at radius 2 is 2.05 bits per heavy atom. The van der Waals surface area contributed by atoms with Gasteiger partial charge in [0.15, 0.2) is 0 Å². The number of hydrogen-bond donors (Lipinski definition) is 1. The van der Waals surface area contributed by atoms with Gasteiger partial charge < -0.3 is 9.73 Å². The first-order valence-corrected chi connectivity index (χ1v) is 7.32. The van der Waals surface area contributed by atoms with E-state index in [1.165, 1.54) is 6.07 Å². The van der Waals surface area contributed by atoms with Crippen LogP contribution in [-0.2, 0) is 0 Å². The Kier molecular flexibility index (Phi) is 5.21. The first-order valence-electron chi connectivity index (χ1n) is 6.94. The molecule has 0 fully saturated rings. The molecule has 2 rings (SSSR count). The Morgan fingerprint density at radius 1 is 1.25 bits per heavy atom. The fourth-order valence-electron chi connectivity index (χ4n) is 2.14. The molecule has 2 nitrogen and oxygen atoms in total. The van der Waals surface area contributed by atoms with Crippen molar-refractivity contribution in [2.24, 2.45) is 0 Å². The van der Waals surface area contributed by atoms with Crippen molar-refractivity contribution >= 4 is 11.6 Å². The number of halogens is 2. The highest BCUT2D eigenvalue weighted by Crippen LogP contribution is 2.29. The molecule has 0 aliphatic carbocycles. The molecule has 0 radical (unpaired) electrons. The smallest absolute Gasteiger partial charge is 0.137 e. The molecule has 1 heterocycles. The van der Waals surface area contributed by atoms with Crippen LogP contribution in [0.3, 0.4) is 0 Å². The van der Waals surface area contributed by atoms with Crippen LogP contribution in [0.2, 0.25) is 5.02 Å². The molecular weight excluding hydrogens is 277 g/mol. The van der Waals surface area contributed by atoms with E-state index in [1.807, 2.05) is 6.07 Å². The van der Waals surface area contributed by atoms with E-state index in [4.69, 9.17) is 16.0 Å². The molecule has 0 aliphatic rings. The molecule has 1 atom stereocenters. The van der Waals surface area contributed by atoms with E-state index in [0.29, 0.717) is 16.3 Å². The van der Waals surface area contributed by atoms with Gasteiger partial charge in [0.05, 0.1) is 11.6 Å². The van der Waals surface area contributed by atoms with E-state index >= 15 is 0 Å². The molecule has 0 spiro atoms. The summed E-state index contributed by atoms with van der Waals surface area (Å²) in [4.78, 5) is 0. The van der Waals surface area contributed by atoms with Gasteiger partial charge in [-0.1, -0.05) is 25.4 Å². The van der Waals surface area contributed by atoms with Gasteiger partial charge in [-0.15, -0.1) is 0 Å². The van der Waals surface area contributed by atoms with Crippen molar-refractivity contribution in [3.05, 3.63) is 46.9 Å². The molecule has 0 bridgehead atoms. The summed E-state index contributed by atoms with van der Waals surface area (Å²) in [5.74, 6) is 1.00. The zero-order valence-electron chi connectivity index (χ0n) is 11.7. The second-order valence-corrected chi connectivity index (χ2v) is 5.18. The number of benzene rings is 1. The molecule has 1 aromatic heterocycles. The van der Waals surface area contributed by atoms with Crippen LogP contribution < -0.4 is 5.32 Å². The highest BCUT2D eigenvalue weighted by molar-refractivity contribution is 6.30. The first kappa shape index (κ1) is 15.1. The molecule has 2 aromatic rings. The molecule has 108 valence electrons. The number of furan rings is 1. The van der Waals surface area contributed by atoms with E-state index in [1.54, 1.807) is 18.2 Å². The van der Waals surface area contributed by atoms with E-state index < -0.39 is 0 Å². The van der Waals surface area contributed by atoms with E-state index in [9.17, 15) is 4.39 Å². The van der Waals surface area contributed by atoms with Crippen LogP contribution in [0.15, 0.2) is 34.7 Å². The summed E-state index contributed by atoms with van der Waals surface area (Å²) in [6.45, 7) is 5.15. The van der Waals surface area contributed by atoms with Crippen molar-refractivity contribution in [1.82, 2.24) is 5.32 Å². The van der Waals surface area contributed by atoms with Gasteiger partial charge in [0.1, 0.15) is 17.3 Å². The summed E-state index contributed by atoms with van der Waals surface area (Å²) in [6, 6.07) is 8.47. The first-order chi connectivity index (χ1) is 9.65. The third kappa shape index (κ3) is 3.41. The van der Waals surface area contributed by atoms with Crippen molar-refractivity contribution in [3.8, 4) is 11.3 Å². The summed E-state index contributed by atoms with van der Waals surface area (Å²) in [6.07, 6.45) is 1.99. The lowest BCUT2D eigenvalue weighted by atomic mass is 10.1. The third-order valence-electron chi connectivity index (χ3n) is 3.22. The predicted molar refractivity (Wildman–Crippen MR) is 80.4 cm³/mol. The minimum Gasteiger partial charge on any atom is -0.459 e. The summed E-state index contributed by atoms with van der Waals surface area (Å²) < 4.78 is 19.7. The van der Waals surface area contributed by atoms with E-state index in [0.717, 1.165) is 25.1 Å². The third-order valence-corrected chi connectivity index (χ3v) is 3.45. The maximum absolute atomic E-state index is 13.9. The van der Waals surface area contributed by atoms with Gasteiger partial charge in [-0.25, -0.2) is 4.39 Å². The fourth-order valence-corrected chi connectivity index (χ4v) is 2.30. The van der Waals surface area contributed by atoms with Crippen LogP contribution in [0, 0.1) is 5.82 Å². The van der Waals surface area contributed by atoms with E-state index in [-0.39, 0.29) is 11.9 Å². The van der Waals surface area contributed by atoms with Crippen molar-refractivity contribution in [3.63, 3.8) is 0 Å². The number of rotatable bonds is 6. The average molecular weight is 296 g/mol. The maximum atomic E-state index is 13.9. The molecule has 1 aromatic carbocycles. The number of hydrogen-bond acceptors (Lipinski definition) is 2. The topological polar surface area (TPSA) is 25.2 Å². The van der Waals surface area contributed by atoms with E-state index in [2.05, 4.69) is 19.2 Å². The molecule has 0 saturated heterocycles. The summed E-state index contributed by atoms with van der Waals surface area (Å²) in [7, 11) is 0. The molecule has 20 heavy (non-hydrogen) atoms. The Labute approximate surface area is 123 Å². The Balaban J connectivity index is 2.23. The normalized spacial score (nSPS) is 12.6. The van der Waals surface area contributed by atoms with Crippen LogP contribution in [0.25, 0.3) is 11.3 Å². The fraction of sp³-hybridized carbons (Fsp3) is 0.375. The Hall–Kier alpha value is -1.32. The quantitative estimate of drug-likeness (QED) is 0.793. The zero-order valence-corrected chi connectivity index (χ0v) is 12.5. The summed E-state index contributed by atoms with van der Waals surface area (Å²) in [5.41, 5.74) is 0.436. The highest BCUT2D eigenvalue weighted by Gasteiger charge is 2.15. The predicted octanol–water partition coefficient (Wildman–Crippen LogP) is 5.19. The lowest BCUT2D eigenvalue weighted by Crippen LogP contribution is -2.20. The van der Waals surface area contributed by atoms with Crippen molar-refractivity contribution in [2.75, 3.05) is 6.54 Å². The molecule has 4 heteroatoms. The SMILES string of the molecule is CCCNC(CC)c1ccc(-c2ccc(Cl)cc2F)o1. The van der Waals surface area contributed by atoms with Gasteiger partial charge in [0.25, 0.3) is 0 Å². The van der Waals surface area contributed by atoms with Crippen molar-refractivity contribution < 1.29 is 8.81 Å². The van der Waals surface area contributed by atoms with Crippen LogP contribution in [0.4, 0.5) is 4.39 Å². The molecule has 0 amide bonds. The molecule has 1 N–H and O–H groups in total. The van der Waals surface area contributed by atoms with Gasteiger partial charge in [-0.2, -0.15) is 0 Å². The van der Waals surface area contributed by atoms with Gasteiger partial charge in [0, 0.05) is 5.02 Å². The number of nitrogens with one attached hydrogen (secondary N) is 1. The van der Waals surface area contributed by atoms with Crippen molar-refractivity contribution in [1.29, 1.82) is 0 Å². The van der Waals surface area contributed by atoms with Gasteiger partial charge in [-0.05, 0) is 49.7 Å². The summed E-state index contributed by atoms with van der Waals surface area (Å²) in [5, 5.41) is 3.80. The molecule has 0 saturated carbocycles. The molecule has 1 unspecified atom stereocenters. The largest absolute Gasteiger partial charge is 0.459 e. The highest BCUT2D eigenvalue weighted by atomic mass is 35.5. The second kappa shape index (κ2) is 6.91.